The normalized spacial score (nSPS) is 13.5. The topological polar surface area (TPSA) is 38.1 Å². The predicted molar refractivity (Wildman–Crippen MR) is 43.2 cm³/mol. The molecule has 1 aromatic rings. The van der Waals surface area contributed by atoms with Gasteiger partial charge in [0.25, 0.3) is 0 Å². The van der Waals surface area contributed by atoms with Crippen molar-refractivity contribution in [3.05, 3.63) is 17.5 Å². The van der Waals surface area contributed by atoms with E-state index in [0.29, 0.717) is 0 Å². The maximum atomic E-state index is 9.47. The van der Waals surface area contributed by atoms with Crippen LogP contribution < -0.4 is 0 Å². The molecule has 0 radical (unpaired) electrons. The van der Waals surface area contributed by atoms with Gasteiger partial charge >= 0.3 is 0 Å². The summed E-state index contributed by atoms with van der Waals surface area (Å²) in [4.78, 5) is 0. The van der Waals surface area contributed by atoms with Gasteiger partial charge in [0.1, 0.15) is 0 Å². The first-order chi connectivity index (χ1) is 5.16. The van der Waals surface area contributed by atoms with Crippen LogP contribution in [0.3, 0.4) is 0 Å². The molecule has 62 valence electrons. The number of aryl methyl sites for hydroxylation is 1. The molecular weight excluding hydrogens is 140 g/mol. The summed E-state index contributed by atoms with van der Waals surface area (Å²) in [7, 11) is 1.88. The standard InChI is InChI=1S/C8H14N2O/c1-4-8(11)7-5-9-10(3)6(7)2/h5,8,11H,4H2,1-3H3. The van der Waals surface area contributed by atoms with Crippen molar-refractivity contribution in [1.82, 2.24) is 9.78 Å². The average molecular weight is 154 g/mol. The number of nitrogens with zero attached hydrogens (tertiary/aromatic N) is 2. The van der Waals surface area contributed by atoms with Crippen molar-refractivity contribution in [1.29, 1.82) is 0 Å². The van der Waals surface area contributed by atoms with E-state index in [0.717, 1.165) is 17.7 Å². The van der Waals surface area contributed by atoms with Crippen molar-refractivity contribution >= 4 is 0 Å². The van der Waals surface area contributed by atoms with Gasteiger partial charge in [-0.25, -0.2) is 0 Å². The third-order valence-corrected chi connectivity index (χ3v) is 2.02. The van der Waals surface area contributed by atoms with E-state index in [1.165, 1.54) is 0 Å². The Labute approximate surface area is 66.7 Å². The maximum Gasteiger partial charge on any atom is 0.0820 e. The Balaban J connectivity index is 2.94. The molecule has 1 heterocycles. The molecule has 0 aliphatic heterocycles. The SMILES string of the molecule is CCC(O)c1cnn(C)c1C. The van der Waals surface area contributed by atoms with E-state index >= 15 is 0 Å². The fraction of sp³-hybridized carbons (Fsp3) is 0.625. The zero-order valence-electron chi connectivity index (χ0n) is 7.20. The smallest absolute Gasteiger partial charge is 0.0820 e. The van der Waals surface area contributed by atoms with E-state index in [9.17, 15) is 5.11 Å². The molecule has 1 aromatic heterocycles. The highest BCUT2D eigenvalue weighted by Gasteiger charge is 2.10. The van der Waals surface area contributed by atoms with Crippen molar-refractivity contribution in [2.75, 3.05) is 0 Å². The fourth-order valence-electron chi connectivity index (χ4n) is 1.06. The highest BCUT2D eigenvalue weighted by atomic mass is 16.3. The molecule has 0 bridgehead atoms. The van der Waals surface area contributed by atoms with Gasteiger partial charge in [-0.1, -0.05) is 6.92 Å². The number of hydrogen-bond acceptors (Lipinski definition) is 2. The molecule has 11 heavy (non-hydrogen) atoms. The van der Waals surface area contributed by atoms with Gasteiger partial charge in [-0.2, -0.15) is 5.10 Å². The van der Waals surface area contributed by atoms with Gasteiger partial charge in [0.15, 0.2) is 0 Å². The Morgan fingerprint density at radius 3 is 2.73 bits per heavy atom. The molecule has 0 fully saturated rings. The third-order valence-electron chi connectivity index (χ3n) is 2.02. The number of aromatic nitrogens is 2. The van der Waals surface area contributed by atoms with Crippen molar-refractivity contribution in [3.8, 4) is 0 Å². The Morgan fingerprint density at radius 1 is 1.73 bits per heavy atom. The highest BCUT2D eigenvalue weighted by molar-refractivity contribution is 5.18. The lowest BCUT2D eigenvalue weighted by Gasteiger charge is -2.05. The second-order valence-corrected chi connectivity index (χ2v) is 2.73. The monoisotopic (exact) mass is 154 g/mol. The van der Waals surface area contributed by atoms with Crippen molar-refractivity contribution in [3.63, 3.8) is 0 Å². The quantitative estimate of drug-likeness (QED) is 0.694. The lowest BCUT2D eigenvalue weighted by atomic mass is 10.1. The molecule has 0 saturated heterocycles. The van der Waals surface area contributed by atoms with E-state index in [1.807, 2.05) is 20.9 Å². The van der Waals surface area contributed by atoms with Crippen LogP contribution >= 0.6 is 0 Å². The van der Waals surface area contributed by atoms with Crippen LogP contribution in [0.5, 0.6) is 0 Å². The van der Waals surface area contributed by atoms with Gasteiger partial charge in [-0.15, -0.1) is 0 Å². The van der Waals surface area contributed by atoms with Gasteiger partial charge < -0.3 is 5.11 Å². The Hall–Kier alpha value is -0.830. The second-order valence-electron chi connectivity index (χ2n) is 2.73. The van der Waals surface area contributed by atoms with Gasteiger partial charge in [-0.3, -0.25) is 4.68 Å². The molecule has 0 aliphatic rings. The van der Waals surface area contributed by atoms with Gasteiger partial charge in [0.05, 0.1) is 12.3 Å². The average Bonchev–Trinajstić information content (AvgIpc) is 2.32. The van der Waals surface area contributed by atoms with Crippen LogP contribution in [0.2, 0.25) is 0 Å². The first-order valence-corrected chi connectivity index (χ1v) is 3.83. The minimum Gasteiger partial charge on any atom is -0.388 e. The van der Waals surface area contributed by atoms with Gasteiger partial charge in [0, 0.05) is 18.3 Å². The first-order valence-electron chi connectivity index (χ1n) is 3.83. The summed E-state index contributed by atoms with van der Waals surface area (Å²) in [5.74, 6) is 0. The highest BCUT2D eigenvalue weighted by Crippen LogP contribution is 2.18. The van der Waals surface area contributed by atoms with Crippen LogP contribution in [0.4, 0.5) is 0 Å². The molecule has 0 aliphatic carbocycles. The fourth-order valence-corrected chi connectivity index (χ4v) is 1.06. The minimum absolute atomic E-state index is 0.358. The number of rotatable bonds is 2. The molecule has 0 amide bonds. The molecule has 3 heteroatoms. The first kappa shape index (κ1) is 8.27. The third kappa shape index (κ3) is 1.43. The largest absolute Gasteiger partial charge is 0.388 e. The molecule has 0 spiro atoms. The summed E-state index contributed by atoms with van der Waals surface area (Å²) in [6, 6.07) is 0. The van der Waals surface area contributed by atoms with Crippen LogP contribution in [0, 0.1) is 6.92 Å². The Morgan fingerprint density at radius 2 is 2.36 bits per heavy atom. The molecule has 1 unspecified atom stereocenters. The molecule has 0 saturated carbocycles. The summed E-state index contributed by atoms with van der Waals surface area (Å²) < 4.78 is 1.77. The summed E-state index contributed by atoms with van der Waals surface area (Å²) in [6.07, 6.45) is 2.11. The molecule has 1 N–H and O–H groups in total. The van der Waals surface area contributed by atoms with Crippen molar-refractivity contribution in [2.24, 2.45) is 7.05 Å². The Kier molecular flexibility index (Phi) is 2.29. The predicted octanol–water partition coefficient (Wildman–Crippen LogP) is 1.17. The summed E-state index contributed by atoms with van der Waals surface area (Å²) in [5.41, 5.74) is 1.98. The molecule has 0 aromatic carbocycles. The molecule has 1 rings (SSSR count). The van der Waals surface area contributed by atoms with E-state index in [-0.39, 0.29) is 6.10 Å². The van der Waals surface area contributed by atoms with Crippen LogP contribution in [-0.2, 0) is 7.05 Å². The molecule has 3 nitrogen and oxygen atoms in total. The lowest BCUT2D eigenvalue weighted by Crippen LogP contribution is -1.98. The molecule has 1 atom stereocenters. The number of hydrogen-bond donors (Lipinski definition) is 1. The maximum absolute atomic E-state index is 9.47. The van der Waals surface area contributed by atoms with Crippen LogP contribution in [-0.4, -0.2) is 14.9 Å². The van der Waals surface area contributed by atoms with Gasteiger partial charge in [-0.05, 0) is 13.3 Å². The van der Waals surface area contributed by atoms with E-state index in [1.54, 1.807) is 10.9 Å². The zero-order valence-corrected chi connectivity index (χ0v) is 7.20. The Bertz CT molecular complexity index is 242. The molecular formula is C8H14N2O. The van der Waals surface area contributed by atoms with Crippen molar-refractivity contribution < 1.29 is 5.11 Å². The lowest BCUT2D eigenvalue weighted by molar-refractivity contribution is 0.173. The van der Waals surface area contributed by atoms with E-state index in [4.69, 9.17) is 0 Å². The van der Waals surface area contributed by atoms with Crippen molar-refractivity contribution in [2.45, 2.75) is 26.4 Å². The van der Waals surface area contributed by atoms with Crippen LogP contribution in [0.15, 0.2) is 6.20 Å². The van der Waals surface area contributed by atoms with E-state index in [2.05, 4.69) is 5.10 Å². The number of aliphatic hydroxyl groups excluding tert-OH is 1. The summed E-state index contributed by atoms with van der Waals surface area (Å²) in [6.45, 7) is 3.92. The van der Waals surface area contributed by atoms with E-state index < -0.39 is 0 Å². The second kappa shape index (κ2) is 3.05. The minimum atomic E-state index is -0.358. The zero-order chi connectivity index (χ0) is 8.43. The van der Waals surface area contributed by atoms with Crippen LogP contribution in [0.25, 0.3) is 0 Å². The summed E-state index contributed by atoms with van der Waals surface area (Å²) >= 11 is 0. The van der Waals surface area contributed by atoms with Crippen LogP contribution in [0.1, 0.15) is 30.7 Å². The van der Waals surface area contributed by atoms with Gasteiger partial charge in [0.2, 0.25) is 0 Å². The summed E-state index contributed by atoms with van der Waals surface area (Å²) in [5, 5.41) is 13.5. The number of aliphatic hydroxyl groups is 1.